The van der Waals surface area contributed by atoms with Crippen LogP contribution in [-0.4, -0.2) is 48.5 Å². The van der Waals surface area contributed by atoms with Crippen molar-refractivity contribution in [3.05, 3.63) is 22.4 Å². The van der Waals surface area contributed by atoms with E-state index in [1.165, 1.54) is 6.92 Å². The van der Waals surface area contributed by atoms with Gasteiger partial charge in [0.05, 0.1) is 13.1 Å². The monoisotopic (exact) mass is 294 g/mol. The minimum atomic E-state index is -0.203. The molecule has 3 saturated heterocycles. The lowest BCUT2D eigenvalue weighted by Crippen LogP contribution is -2.65. The largest absolute Gasteiger partial charge is 0.456 e. The topological polar surface area (TPSA) is 43.4 Å². The van der Waals surface area contributed by atoms with E-state index >= 15 is 0 Å². The molecule has 0 N–H and O–H groups in total. The van der Waals surface area contributed by atoms with Gasteiger partial charge in [-0.05, 0) is 11.4 Å². The first-order chi connectivity index (χ1) is 9.58. The van der Waals surface area contributed by atoms with E-state index in [1.807, 2.05) is 16.8 Å². The number of ketones is 1. The highest BCUT2D eigenvalue weighted by Gasteiger charge is 2.48. The van der Waals surface area contributed by atoms with Crippen LogP contribution in [0.25, 0.3) is 0 Å². The van der Waals surface area contributed by atoms with Gasteiger partial charge < -0.3 is 9.22 Å². The first-order valence-corrected chi connectivity index (χ1v) is 8.10. The number of ether oxygens (including phenoxy) is 1. The number of esters is 1. The zero-order valence-corrected chi connectivity index (χ0v) is 12.5. The molecule has 0 spiro atoms. The lowest BCUT2D eigenvalue weighted by Gasteiger charge is -2.51. The van der Waals surface area contributed by atoms with E-state index in [4.69, 9.17) is 4.74 Å². The van der Waals surface area contributed by atoms with Gasteiger partial charge in [-0.3, -0.25) is 9.59 Å². The molecule has 0 unspecified atom stereocenters. The van der Waals surface area contributed by atoms with Crippen LogP contribution in [0.5, 0.6) is 0 Å². The maximum absolute atomic E-state index is 12.4. The number of hydrogen-bond acceptors (Lipinski definition) is 4. The summed E-state index contributed by atoms with van der Waals surface area (Å²) in [7, 11) is 0. The van der Waals surface area contributed by atoms with Gasteiger partial charge in [-0.2, -0.15) is 11.3 Å². The predicted molar refractivity (Wildman–Crippen MR) is 76.7 cm³/mol. The number of thiophene rings is 1. The Bertz CT molecular complexity index is 503. The van der Waals surface area contributed by atoms with Crippen LogP contribution in [0.3, 0.4) is 0 Å². The summed E-state index contributed by atoms with van der Waals surface area (Å²) in [5.74, 6) is 0.509. The Labute approximate surface area is 122 Å². The van der Waals surface area contributed by atoms with Crippen molar-refractivity contribution >= 4 is 23.1 Å². The molecule has 0 aliphatic carbocycles. The van der Waals surface area contributed by atoms with Crippen LogP contribution < -0.4 is 0 Å². The minimum absolute atomic E-state index is 0.00488. The number of piperidine rings is 3. The predicted octanol–water partition coefficient (Wildman–Crippen LogP) is 2.10. The first kappa shape index (κ1) is 13.8. The molecule has 4 rings (SSSR count). The maximum atomic E-state index is 12.4. The van der Waals surface area contributed by atoms with E-state index in [1.54, 1.807) is 11.3 Å². The number of hydrogen-bond donors (Lipinski definition) is 0. The Morgan fingerprint density at radius 2 is 2.15 bits per heavy atom. The summed E-state index contributed by atoms with van der Waals surface area (Å²) in [4.78, 5) is 23.6. The molecule has 1 aromatic heterocycles. The van der Waals surface area contributed by atoms with E-state index in [9.17, 15) is 9.59 Å². The summed E-state index contributed by atoms with van der Waals surface area (Å²) in [5.41, 5.74) is 0.819. The third kappa shape index (κ3) is 2.65. The zero-order chi connectivity index (χ0) is 14.2. The zero-order valence-electron chi connectivity index (χ0n) is 11.7. The molecule has 0 saturated carbocycles. The molecule has 0 radical (unpaired) electrons. The first-order valence-electron chi connectivity index (χ1n) is 7.16. The van der Waals surface area contributed by atoms with Crippen molar-refractivity contribution in [2.24, 2.45) is 5.92 Å². The van der Waals surface area contributed by atoms with Crippen LogP contribution in [0.1, 0.15) is 30.1 Å². The SMILES string of the molecule is CC(=O)O[C@H]1C[N+]2(CC(=O)c3ccsc3)CCC1CC2. The van der Waals surface area contributed by atoms with Gasteiger partial charge >= 0.3 is 5.97 Å². The highest BCUT2D eigenvalue weighted by Crippen LogP contribution is 2.35. The summed E-state index contributed by atoms with van der Waals surface area (Å²) < 4.78 is 6.25. The molecule has 3 fully saturated rings. The highest BCUT2D eigenvalue weighted by atomic mass is 32.1. The van der Waals surface area contributed by atoms with Crippen LogP contribution in [0.2, 0.25) is 0 Å². The summed E-state index contributed by atoms with van der Waals surface area (Å²) >= 11 is 1.56. The summed E-state index contributed by atoms with van der Waals surface area (Å²) in [5, 5.41) is 3.86. The number of Topliss-reactive ketones (excluding diaryl/α,β-unsaturated/α-hetero) is 1. The summed E-state index contributed by atoms with van der Waals surface area (Å²) in [6, 6.07) is 1.89. The molecule has 1 aromatic rings. The quantitative estimate of drug-likeness (QED) is 0.485. The van der Waals surface area contributed by atoms with Gasteiger partial charge in [0.15, 0.2) is 6.10 Å². The van der Waals surface area contributed by atoms with E-state index in [-0.39, 0.29) is 17.9 Å². The molecular weight excluding hydrogens is 274 g/mol. The Hall–Kier alpha value is -1.20. The number of nitrogens with zero attached hydrogens (tertiary/aromatic N) is 1. The lowest BCUT2D eigenvalue weighted by atomic mass is 9.83. The van der Waals surface area contributed by atoms with Crippen molar-refractivity contribution in [1.29, 1.82) is 0 Å². The van der Waals surface area contributed by atoms with E-state index in [0.29, 0.717) is 12.5 Å². The molecule has 3 aliphatic rings. The second-order valence-corrected chi connectivity index (χ2v) is 6.83. The van der Waals surface area contributed by atoms with Gasteiger partial charge in [0, 0.05) is 36.6 Å². The van der Waals surface area contributed by atoms with Crippen LogP contribution in [0.4, 0.5) is 0 Å². The number of rotatable bonds is 4. The second kappa shape index (κ2) is 5.30. The van der Waals surface area contributed by atoms with Crippen molar-refractivity contribution in [3.63, 3.8) is 0 Å². The van der Waals surface area contributed by atoms with Crippen molar-refractivity contribution < 1.29 is 18.8 Å². The Kier molecular flexibility index (Phi) is 3.65. The van der Waals surface area contributed by atoms with Gasteiger partial charge in [0.2, 0.25) is 5.78 Å². The fourth-order valence-corrected chi connectivity index (χ4v) is 4.27. The van der Waals surface area contributed by atoms with Crippen molar-refractivity contribution in [2.75, 3.05) is 26.2 Å². The second-order valence-electron chi connectivity index (χ2n) is 6.05. The minimum Gasteiger partial charge on any atom is -0.456 e. The van der Waals surface area contributed by atoms with E-state index < -0.39 is 0 Å². The van der Waals surface area contributed by atoms with Crippen molar-refractivity contribution in [3.8, 4) is 0 Å². The molecule has 5 heteroatoms. The molecule has 108 valence electrons. The average molecular weight is 294 g/mol. The standard InChI is InChI=1S/C15H20NO3S/c1-11(17)19-15-9-16(5-2-12(15)3-6-16)8-14(18)13-4-7-20-10-13/h4,7,10,12,15H,2-3,5-6,8-9H2,1H3/q+1/t12?,15-,16?/m0/s1. The molecule has 4 nitrogen and oxygen atoms in total. The van der Waals surface area contributed by atoms with Crippen molar-refractivity contribution in [1.82, 2.24) is 0 Å². The number of carbonyl (C=O) groups excluding carboxylic acids is 2. The molecule has 4 heterocycles. The molecule has 0 aromatic carbocycles. The number of fused-ring (bicyclic) bond motifs is 3. The molecule has 2 bridgehead atoms. The summed E-state index contributed by atoms with van der Waals surface area (Å²) in [6.45, 7) is 4.90. The fourth-order valence-electron chi connectivity index (χ4n) is 3.61. The lowest BCUT2D eigenvalue weighted by molar-refractivity contribution is -0.938. The summed E-state index contributed by atoms with van der Waals surface area (Å²) in [6.07, 6.45) is 2.13. The van der Waals surface area contributed by atoms with Crippen LogP contribution in [-0.2, 0) is 9.53 Å². The highest BCUT2D eigenvalue weighted by molar-refractivity contribution is 7.08. The molecule has 20 heavy (non-hydrogen) atoms. The van der Waals surface area contributed by atoms with Gasteiger partial charge in [0.1, 0.15) is 13.1 Å². The maximum Gasteiger partial charge on any atom is 0.303 e. The third-order valence-electron chi connectivity index (χ3n) is 4.68. The van der Waals surface area contributed by atoms with Gasteiger partial charge in [0.25, 0.3) is 0 Å². The van der Waals surface area contributed by atoms with Gasteiger partial charge in [-0.15, -0.1) is 0 Å². The van der Waals surface area contributed by atoms with Crippen molar-refractivity contribution in [2.45, 2.75) is 25.9 Å². The Balaban J connectivity index is 1.71. The van der Waals surface area contributed by atoms with Crippen LogP contribution in [0, 0.1) is 5.92 Å². The van der Waals surface area contributed by atoms with Crippen LogP contribution >= 0.6 is 11.3 Å². The third-order valence-corrected chi connectivity index (χ3v) is 5.36. The van der Waals surface area contributed by atoms with Gasteiger partial charge in [-0.25, -0.2) is 0 Å². The number of quaternary nitrogens is 1. The average Bonchev–Trinajstić information content (AvgIpc) is 2.92. The normalized spacial score (nSPS) is 32.0. The molecule has 0 amide bonds. The smallest absolute Gasteiger partial charge is 0.303 e. The number of carbonyl (C=O) groups is 2. The van der Waals surface area contributed by atoms with Crippen LogP contribution in [0.15, 0.2) is 16.8 Å². The van der Waals surface area contributed by atoms with Gasteiger partial charge in [-0.1, -0.05) is 0 Å². The van der Waals surface area contributed by atoms with E-state index in [2.05, 4.69) is 0 Å². The Morgan fingerprint density at radius 3 is 2.75 bits per heavy atom. The fraction of sp³-hybridized carbons (Fsp3) is 0.600. The molecular formula is C15H20NO3S+. The van der Waals surface area contributed by atoms with E-state index in [0.717, 1.165) is 42.5 Å². The molecule has 1 atom stereocenters. The Morgan fingerprint density at radius 1 is 1.40 bits per heavy atom. The molecule has 3 aliphatic heterocycles.